The first kappa shape index (κ1) is 15.6. The van der Waals surface area contributed by atoms with Crippen molar-refractivity contribution in [2.45, 2.75) is 25.4 Å². The van der Waals surface area contributed by atoms with Gasteiger partial charge in [0.25, 0.3) is 4.20 Å². The van der Waals surface area contributed by atoms with Crippen LogP contribution in [0.5, 0.6) is 5.75 Å². The fraction of sp³-hybridized carbons (Fsp3) is 0.500. The van der Waals surface area contributed by atoms with Gasteiger partial charge in [-0.3, -0.25) is 0 Å². The highest BCUT2D eigenvalue weighted by Crippen LogP contribution is 2.23. The van der Waals surface area contributed by atoms with E-state index in [9.17, 15) is 13.2 Å². The van der Waals surface area contributed by atoms with Gasteiger partial charge in [-0.2, -0.15) is 13.2 Å². The van der Waals surface area contributed by atoms with Crippen LogP contribution in [-0.2, 0) is 11.4 Å². The average Bonchev–Trinajstić information content (AvgIpc) is 2.44. The first-order valence-electron chi connectivity index (χ1n) is 6.47. The molecule has 0 N–H and O–H groups in total. The second-order valence-electron chi connectivity index (χ2n) is 4.43. The molecule has 1 aliphatic heterocycles. The molecule has 0 unspecified atom stereocenters. The second-order valence-corrected chi connectivity index (χ2v) is 6.90. The van der Waals surface area contributed by atoms with Crippen LogP contribution in [0.2, 0.25) is 0 Å². The van der Waals surface area contributed by atoms with Crippen LogP contribution in [-0.4, -0.2) is 28.5 Å². The quantitative estimate of drug-likeness (QED) is 0.459. The number of hydrogen-bond donors (Lipinski definition) is 0. The zero-order valence-corrected chi connectivity index (χ0v) is 12.5. The zero-order chi connectivity index (χ0) is 14.4. The maximum absolute atomic E-state index is 12.0. The van der Waals surface area contributed by atoms with E-state index in [1.54, 1.807) is 0 Å². The molecule has 2 rings (SSSR count). The summed E-state index contributed by atoms with van der Waals surface area (Å²) in [5.74, 6) is 2.93. The van der Waals surface area contributed by atoms with Gasteiger partial charge in [-0.25, -0.2) is 0 Å². The van der Waals surface area contributed by atoms with E-state index < -0.39 is 12.6 Å². The van der Waals surface area contributed by atoms with Crippen LogP contribution in [0.15, 0.2) is 24.3 Å². The Morgan fingerprint density at radius 1 is 1.20 bits per heavy atom. The third-order valence-electron chi connectivity index (χ3n) is 2.72. The molecular weight excluding hydrogens is 305 g/mol. The van der Waals surface area contributed by atoms with Gasteiger partial charge in [-0.15, -0.1) is 0 Å². The summed E-state index contributed by atoms with van der Waals surface area (Å²) in [5, 5.41) is 0. The number of thioether (sulfide) groups is 1. The van der Waals surface area contributed by atoms with Gasteiger partial charge in [0.15, 0.2) is 17.1 Å². The smallest absolute Gasteiger partial charge is 0.389 e. The number of alkyl halides is 3. The highest BCUT2D eigenvalue weighted by atomic mass is 32.2. The minimum Gasteiger partial charge on any atom is -0.494 e. The predicted molar refractivity (Wildman–Crippen MR) is 80.6 cm³/mol. The number of ether oxygens (including phenoxy) is 1. The molecular formula is C14H16F3OS2+. The molecule has 1 aromatic rings. The molecule has 0 spiro atoms. The Balaban J connectivity index is 1.81. The fourth-order valence-corrected chi connectivity index (χ4v) is 4.32. The van der Waals surface area contributed by atoms with Crippen LogP contribution in [0.3, 0.4) is 0 Å². The summed E-state index contributed by atoms with van der Waals surface area (Å²) in [7, 11) is 0. The van der Waals surface area contributed by atoms with Crippen molar-refractivity contribution in [1.29, 1.82) is 0 Å². The molecule has 0 aliphatic carbocycles. The van der Waals surface area contributed by atoms with Crippen LogP contribution in [0.4, 0.5) is 13.2 Å². The molecule has 0 fully saturated rings. The number of halogens is 3. The van der Waals surface area contributed by atoms with Gasteiger partial charge in [0, 0.05) is 24.2 Å². The van der Waals surface area contributed by atoms with E-state index in [0.29, 0.717) is 5.75 Å². The molecule has 1 aliphatic rings. The van der Waals surface area contributed by atoms with E-state index in [-0.39, 0.29) is 13.0 Å². The molecule has 20 heavy (non-hydrogen) atoms. The first-order valence-corrected chi connectivity index (χ1v) is 8.44. The van der Waals surface area contributed by atoms with Crippen molar-refractivity contribution in [2.24, 2.45) is 0 Å². The minimum absolute atomic E-state index is 0.00562. The largest absolute Gasteiger partial charge is 0.494 e. The summed E-state index contributed by atoms with van der Waals surface area (Å²) >= 11 is 3.72. The van der Waals surface area contributed by atoms with Gasteiger partial charge in [0.2, 0.25) is 0 Å². The van der Waals surface area contributed by atoms with Crippen LogP contribution >= 0.6 is 11.8 Å². The lowest BCUT2D eigenvalue weighted by atomic mass is 10.2. The number of hydrogen-bond acceptors (Lipinski definition) is 2. The molecule has 6 heteroatoms. The summed E-state index contributed by atoms with van der Waals surface area (Å²) in [4.78, 5) is 0. The van der Waals surface area contributed by atoms with Crippen molar-refractivity contribution < 1.29 is 17.9 Å². The molecule has 0 bridgehead atoms. The Morgan fingerprint density at radius 3 is 2.55 bits per heavy atom. The topological polar surface area (TPSA) is 9.23 Å². The predicted octanol–water partition coefficient (Wildman–Crippen LogP) is 4.11. The second kappa shape index (κ2) is 7.31. The van der Waals surface area contributed by atoms with Crippen LogP contribution in [0.25, 0.3) is 0 Å². The van der Waals surface area contributed by atoms with Crippen molar-refractivity contribution in [1.82, 2.24) is 0 Å². The number of benzene rings is 1. The van der Waals surface area contributed by atoms with Crippen molar-refractivity contribution in [3.63, 3.8) is 0 Å². The molecule has 1 nitrogen and oxygen atoms in total. The Bertz CT molecular complexity index is 454. The lowest BCUT2D eigenvalue weighted by Crippen LogP contribution is -2.10. The summed E-state index contributed by atoms with van der Waals surface area (Å²) in [6.45, 7) is 0.0962. The van der Waals surface area contributed by atoms with E-state index in [1.165, 1.54) is 16.2 Å². The lowest BCUT2D eigenvalue weighted by molar-refractivity contribution is -0.136. The van der Waals surface area contributed by atoms with E-state index in [2.05, 4.69) is 0 Å². The zero-order valence-electron chi connectivity index (χ0n) is 10.9. The third-order valence-corrected chi connectivity index (χ3v) is 5.41. The standard InChI is InChI=1S/C14H16F3OS2/c15-14(16,17)7-1-8-18-12-5-3-11(4-6-12)13-19-9-2-10-20-13/h3-6H,1-2,7-10H2/q+1. The van der Waals surface area contributed by atoms with Gasteiger partial charge in [-0.05, 0) is 30.7 Å². The Hall–Kier alpha value is -0.750. The van der Waals surface area contributed by atoms with Crippen LogP contribution in [0, 0.1) is 0 Å². The number of rotatable bonds is 5. The highest BCUT2D eigenvalue weighted by Gasteiger charge is 2.26. The van der Waals surface area contributed by atoms with E-state index in [0.717, 1.165) is 11.5 Å². The van der Waals surface area contributed by atoms with E-state index in [4.69, 9.17) is 4.74 Å². The van der Waals surface area contributed by atoms with Gasteiger partial charge in [0.05, 0.1) is 6.61 Å². The normalized spacial score (nSPS) is 15.8. The molecule has 110 valence electrons. The lowest BCUT2D eigenvalue weighted by Gasteiger charge is -2.08. The maximum atomic E-state index is 12.0. The van der Waals surface area contributed by atoms with E-state index in [1.807, 2.05) is 47.4 Å². The molecule has 1 heterocycles. The van der Waals surface area contributed by atoms with E-state index >= 15 is 0 Å². The van der Waals surface area contributed by atoms with Crippen molar-refractivity contribution in [3.8, 4) is 5.75 Å². The average molecular weight is 321 g/mol. The van der Waals surface area contributed by atoms with Gasteiger partial charge in [0.1, 0.15) is 5.75 Å². The summed E-state index contributed by atoms with van der Waals surface area (Å²) in [6.07, 6.45) is -3.66. The fourth-order valence-electron chi connectivity index (χ4n) is 1.75. The Kier molecular flexibility index (Phi) is 5.72. The third kappa shape index (κ3) is 5.32. The van der Waals surface area contributed by atoms with Crippen molar-refractivity contribution >= 4 is 27.3 Å². The molecule has 0 aromatic heterocycles. The molecule has 0 saturated carbocycles. The SMILES string of the molecule is FC(F)(F)CCCOc1ccc(C2=[S+]CCCS2)cc1. The molecule has 1 aromatic carbocycles. The molecule has 0 radical (unpaired) electrons. The first-order chi connectivity index (χ1) is 9.54. The minimum atomic E-state index is -4.10. The maximum Gasteiger partial charge on any atom is 0.389 e. The highest BCUT2D eigenvalue weighted by molar-refractivity contribution is 8.23. The molecule has 0 amide bonds. The van der Waals surface area contributed by atoms with Crippen molar-refractivity contribution in [2.75, 3.05) is 18.1 Å². The van der Waals surface area contributed by atoms with Gasteiger partial charge >= 0.3 is 6.18 Å². The monoisotopic (exact) mass is 321 g/mol. The van der Waals surface area contributed by atoms with Crippen LogP contribution < -0.4 is 4.74 Å². The Labute approximate surface area is 124 Å². The van der Waals surface area contributed by atoms with Gasteiger partial charge in [-0.1, -0.05) is 11.8 Å². The Morgan fingerprint density at radius 2 is 1.95 bits per heavy atom. The van der Waals surface area contributed by atoms with Crippen molar-refractivity contribution in [3.05, 3.63) is 29.8 Å². The summed E-state index contributed by atoms with van der Waals surface area (Å²) < 4.78 is 42.6. The molecule has 0 saturated heterocycles. The molecule has 0 atom stereocenters. The van der Waals surface area contributed by atoms with Gasteiger partial charge < -0.3 is 4.74 Å². The summed E-state index contributed by atoms with van der Waals surface area (Å²) in [5.41, 5.74) is 1.17. The summed E-state index contributed by atoms with van der Waals surface area (Å²) in [6, 6.07) is 7.59. The van der Waals surface area contributed by atoms with Crippen LogP contribution in [0.1, 0.15) is 24.8 Å².